The van der Waals surface area contributed by atoms with Crippen molar-refractivity contribution in [3.8, 4) is 0 Å². The third-order valence-corrected chi connectivity index (χ3v) is 2.29. The Bertz CT molecular complexity index is 170. The zero-order valence-corrected chi connectivity index (χ0v) is 7.09. The highest BCUT2D eigenvalue weighted by Crippen LogP contribution is 2.25. The van der Waals surface area contributed by atoms with E-state index in [9.17, 15) is 5.11 Å². The van der Waals surface area contributed by atoms with E-state index < -0.39 is 0 Å². The predicted octanol–water partition coefficient (Wildman–Crippen LogP) is 2.28. The van der Waals surface area contributed by atoms with Gasteiger partial charge in [0.15, 0.2) is 0 Å². The average molecular weight is 152 g/mol. The Morgan fingerprint density at radius 2 is 2.55 bits per heavy atom. The maximum absolute atomic E-state index is 9.44. The highest BCUT2D eigenvalue weighted by molar-refractivity contribution is 5.08. The summed E-state index contributed by atoms with van der Waals surface area (Å²) in [6.07, 6.45) is 6.96. The van der Waals surface area contributed by atoms with Crippen LogP contribution in [0, 0.1) is 5.92 Å². The van der Waals surface area contributed by atoms with E-state index in [4.69, 9.17) is 0 Å². The molecule has 0 fully saturated rings. The van der Waals surface area contributed by atoms with Crippen LogP contribution in [0.5, 0.6) is 0 Å². The van der Waals surface area contributed by atoms with E-state index in [0.29, 0.717) is 5.92 Å². The average Bonchev–Trinajstić information content (AvgIpc) is 2.03. The van der Waals surface area contributed by atoms with Crippen molar-refractivity contribution in [1.29, 1.82) is 0 Å². The molecule has 0 spiro atoms. The van der Waals surface area contributed by atoms with Crippen LogP contribution in [0.15, 0.2) is 24.3 Å². The maximum Gasteiger partial charge on any atom is 0.0780 e. The van der Waals surface area contributed by atoms with Gasteiger partial charge in [0.05, 0.1) is 6.10 Å². The van der Waals surface area contributed by atoms with E-state index in [2.05, 4.69) is 19.6 Å². The lowest BCUT2D eigenvalue weighted by atomic mass is 9.87. The van der Waals surface area contributed by atoms with Gasteiger partial charge in [-0.15, -0.1) is 6.58 Å². The molecule has 0 radical (unpaired) electrons. The van der Waals surface area contributed by atoms with Gasteiger partial charge in [-0.2, -0.15) is 0 Å². The fraction of sp³-hybridized carbons (Fsp3) is 0.600. The Hall–Kier alpha value is -0.560. The molecule has 1 aliphatic carbocycles. The molecule has 0 unspecified atom stereocenters. The zero-order chi connectivity index (χ0) is 8.27. The molecule has 0 aromatic carbocycles. The van der Waals surface area contributed by atoms with Crippen molar-refractivity contribution >= 4 is 0 Å². The molecular weight excluding hydrogens is 136 g/mol. The zero-order valence-electron chi connectivity index (χ0n) is 7.09. The topological polar surface area (TPSA) is 20.2 Å². The number of hydrogen-bond donors (Lipinski definition) is 1. The number of rotatable bonds is 2. The number of aliphatic hydroxyl groups is 1. The molecule has 1 heteroatoms. The Morgan fingerprint density at radius 1 is 1.82 bits per heavy atom. The van der Waals surface area contributed by atoms with Gasteiger partial charge < -0.3 is 5.11 Å². The molecule has 0 aromatic rings. The van der Waals surface area contributed by atoms with E-state index in [1.807, 2.05) is 0 Å². The first-order valence-corrected chi connectivity index (χ1v) is 4.22. The van der Waals surface area contributed by atoms with Crippen molar-refractivity contribution in [2.45, 2.75) is 32.3 Å². The van der Waals surface area contributed by atoms with Crippen molar-refractivity contribution in [3.05, 3.63) is 24.3 Å². The minimum Gasteiger partial charge on any atom is -0.388 e. The second-order valence-corrected chi connectivity index (χ2v) is 3.30. The van der Waals surface area contributed by atoms with Crippen molar-refractivity contribution in [3.63, 3.8) is 0 Å². The Balaban J connectivity index is 2.58. The molecule has 1 nitrogen and oxygen atoms in total. The Labute approximate surface area is 68.4 Å². The van der Waals surface area contributed by atoms with Gasteiger partial charge in [0.1, 0.15) is 0 Å². The summed E-state index contributed by atoms with van der Waals surface area (Å²) in [5.74, 6) is 0.321. The fourth-order valence-electron chi connectivity index (χ4n) is 1.59. The third-order valence-electron chi connectivity index (χ3n) is 2.29. The van der Waals surface area contributed by atoms with E-state index in [-0.39, 0.29) is 6.10 Å². The van der Waals surface area contributed by atoms with E-state index in [1.54, 1.807) is 6.08 Å². The number of aliphatic hydroxyl groups excluding tert-OH is 1. The summed E-state index contributed by atoms with van der Waals surface area (Å²) in [5, 5.41) is 9.44. The van der Waals surface area contributed by atoms with Crippen LogP contribution in [0.2, 0.25) is 0 Å². The fourth-order valence-corrected chi connectivity index (χ4v) is 1.59. The Kier molecular flexibility index (Phi) is 2.89. The second kappa shape index (κ2) is 3.72. The lowest BCUT2D eigenvalue weighted by molar-refractivity contribution is 0.167. The summed E-state index contributed by atoms with van der Waals surface area (Å²) in [5.41, 5.74) is 1.40. The molecule has 1 aliphatic rings. The van der Waals surface area contributed by atoms with Crippen LogP contribution < -0.4 is 0 Å². The molecule has 0 amide bonds. The second-order valence-electron chi connectivity index (χ2n) is 3.30. The van der Waals surface area contributed by atoms with Crippen LogP contribution >= 0.6 is 0 Å². The van der Waals surface area contributed by atoms with E-state index in [0.717, 1.165) is 6.42 Å². The lowest BCUT2D eigenvalue weighted by Crippen LogP contribution is -2.18. The molecule has 0 saturated carbocycles. The van der Waals surface area contributed by atoms with Crippen LogP contribution in [-0.4, -0.2) is 11.2 Å². The van der Waals surface area contributed by atoms with Crippen LogP contribution in [0.3, 0.4) is 0 Å². The third kappa shape index (κ3) is 2.19. The summed E-state index contributed by atoms with van der Waals surface area (Å²) < 4.78 is 0. The molecule has 0 saturated heterocycles. The van der Waals surface area contributed by atoms with Crippen molar-refractivity contribution < 1.29 is 5.11 Å². The van der Waals surface area contributed by atoms with Gasteiger partial charge in [0.25, 0.3) is 0 Å². The van der Waals surface area contributed by atoms with Gasteiger partial charge in [0, 0.05) is 5.92 Å². The molecule has 11 heavy (non-hydrogen) atoms. The van der Waals surface area contributed by atoms with Gasteiger partial charge >= 0.3 is 0 Å². The van der Waals surface area contributed by atoms with Crippen LogP contribution in [-0.2, 0) is 0 Å². The summed E-state index contributed by atoms with van der Waals surface area (Å²) in [6, 6.07) is 0. The molecule has 1 N–H and O–H groups in total. The van der Waals surface area contributed by atoms with Gasteiger partial charge in [-0.1, -0.05) is 17.7 Å². The smallest absolute Gasteiger partial charge is 0.0780 e. The molecule has 0 heterocycles. The van der Waals surface area contributed by atoms with E-state index >= 15 is 0 Å². The largest absolute Gasteiger partial charge is 0.388 e. The summed E-state index contributed by atoms with van der Waals surface area (Å²) >= 11 is 0. The molecular formula is C10H16O. The molecule has 0 bridgehead atoms. The van der Waals surface area contributed by atoms with Crippen LogP contribution in [0.4, 0.5) is 0 Å². The predicted molar refractivity (Wildman–Crippen MR) is 47.3 cm³/mol. The standard InChI is InChI=1S/C10H16O/c1-3-10(11)9-6-4-5-8(2)7-9/h3,7,9-11H,1,4-6H2,2H3/t9-,10+/m1/s1. The molecule has 2 atom stereocenters. The molecule has 1 rings (SSSR count). The molecule has 0 aromatic heterocycles. The van der Waals surface area contributed by atoms with Crippen LogP contribution in [0.1, 0.15) is 26.2 Å². The Morgan fingerprint density at radius 3 is 3.09 bits per heavy atom. The quantitative estimate of drug-likeness (QED) is 0.602. The van der Waals surface area contributed by atoms with Crippen molar-refractivity contribution in [2.24, 2.45) is 5.92 Å². The van der Waals surface area contributed by atoms with Gasteiger partial charge in [-0.05, 0) is 26.2 Å². The van der Waals surface area contributed by atoms with E-state index in [1.165, 1.54) is 18.4 Å². The highest BCUT2D eigenvalue weighted by Gasteiger charge is 2.16. The number of hydrogen-bond acceptors (Lipinski definition) is 1. The van der Waals surface area contributed by atoms with Gasteiger partial charge in [-0.25, -0.2) is 0 Å². The molecule has 62 valence electrons. The first-order valence-electron chi connectivity index (χ1n) is 4.22. The number of allylic oxidation sites excluding steroid dienone is 1. The first-order chi connectivity index (χ1) is 5.24. The summed E-state index contributed by atoms with van der Waals surface area (Å²) in [7, 11) is 0. The molecule has 0 aliphatic heterocycles. The lowest BCUT2D eigenvalue weighted by Gasteiger charge is -2.21. The monoisotopic (exact) mass is 152 g/mol. The van der Waals surface area contributed by atoms with Crippen LogP contribution in [0.25, 0.3) is 0 Å². The minimum absolute atomic E-state index is 0.321. The summed E-state index contributed by atoms with van der Waals surface area (Å²) in [6.45, 7) is 5.71. The van der Waals surface area contributed by atoms with Crippen molar-refractivity contribution in [1.82, 2.24) is 0 Å². The van der Waals surface area contributed by atoms with Gasteiger partial charge in [-0.3, -0.25) is 0 Å². The maximum atomic E-state index is 9.44. The minimum atomic E-state index is -0.342. The normalized spacial score (nSPS) is 27.5. The van der Waals surface area contributed by atoms with Crippen molar-refractivity contribution in [2.75, 3.05) is 0 Å². The first kappa shape index (κ1) is 8.54. The highest BCUT2D eigenvalue weighted by atomic mass is 16.3. The summed E-state index contributed by atoms with van der Waals surface area (Å²) in [4.78, 5) is 0. The van der Waals surface area contributed by atoms with Gasteiger partial charge in [0.2, 0.25) is 0 Å². The SMILES string of the molecule is C=C[C@H](O)[C@H]1C=C(C)CCC1.